The van der Waals surface area contributed by atoms with Crippen molar-refractivity contribution in [2.45, 2.75) is 58.4 Å². The summed E-state index contributed by atoms with van der Waals surface area (Å²) >= 11 is 6.13. The van der Waals surface area contributed by atoms with E-state index in [-0.39, 0.29) is 0 Å². The first-order chi connectivity index (χ1) is 9.72. The number of anilines is 1. The Hall–Kier alpha value is -0.890. The molecule has 0 amide bonds. The molecule has 0 aromatic heterocycles. The van der Waals surface area contributed by atoms with E-state index in [2.05, 4.69) is 19.2 Å². The van der Waals surface area contributed by atoms with Crippen molar-refractivity contribution < 1.29 is 4.74 Å². The highest BCUT2D eigenvalue weighted by Gasteiger charge is 2.21. The summed E-state index contributed by atoms with van der Waals surface area (Å²) in [7, 11) is 0. The van der Waals surface area contributed by atoms with Crippen LogP contribution in [0.25, 0.3) is 0 Å². The average Bonchev–Trinajstić information content (AvgIpc) is 2.47. The zero-order valence-corrected chi connectivity index (χ0v) is 13.4. The fraction of sp³-hybridized carbons (Fsp3) is 0.647. The predicted molar refractivity (Wildman–Crippen MR) is 86.9 cm³/mol. The molecule has 2 rings (SSSR count). The molecule has 0 heterocycles. The lowest BCUT2D eigenvalue weighted by Crippen LogP contribution is -2.27. The number of ether oxygens (including phenoxy) is 1. The summed E-state index contributed by atoms with van der Waals surface area (Å²) in [5.41, 5.74) is 1.05. The largest absolute Gasteiger partial charge is 0.491 e. The Balaban J connectivity index is 2.04. The van der Waals surface area contributed by atoms with Crippen molar-refractivity contribution in [2.75, 3.05) is 11.9 Å². The van der Waals surface area contributed by atoms with E-state index < -0.39 is 0 Å². The van der Waals surface area contributed by atoms with Crippen molar-refractivity contribution in [1.29, 1.82) is 0 Å². The lowest BCUT2D eigenvalue weighted by molar-refractivity contribution is 0.313. The van der Waals surface area contributed by atoms with Gasteiger partial charge in [-0.15, -0.1) is 0 Å². The van der Waals surface area contributed by atoms with E-state index >= 15 is 0 Å². The van der Waals surface area contributed by atoms with Crippen LogP contribution in [0.5, 0.6) is 5.75 Å². The Bertz CT molecular complexity index is 421. The van der Waals surface area contributed by atoms with Gasteiger partial charge in [-0.25, -0.2) is 0 Å². The van der Waals surface area contributed by atoms with Crippen molar-refractivity contribution in [2.24, 2.45) is 5.92 Å². The van der Waals surface area contributed by atoms with Crippen molar-refractivity contribution in [3.8, 4) is 5.75 Å². The van der Waals surface area contributed by atoms with Gasteiger partial charge in [0.25, 0.3) is 0 Å². The Morgan fingerprint density at radius 1 is 1.30 bits per heavy atom. The van der Waals surface area contributed by atoms with Gasteiger partial charge < -0.3 is 10.1 Å². The fourth-order valence-corrected chi connectivity index (χ4v) is 3.14. The second-order valence-electron chi connectivity index (χ2n) is 5.77. The first-order valence-electron chi connectivity index (χ1n) is 7.91. The molecule has 0 aliphatic heterocycles. The Labute approximate surface area is 127 Å². The highest BCUT2D eigenvalue weighted by atomic mass is 35.5. The van der Waals surface area contributed by atoms with Crippen LogP contribution in [-0.4, -0.2) is 12.6 Å². The molecule has 0 saturated heterocycles. The maximum absolute atomic E-state index is 6.13. The van der Waals surface area contributed by atoms with Gasteiger partial charge in [0.1, 0.15) is 5.75 Å². The zero-order valence-electron chi connectivity index (χ0n) is 12.6. The van der Waals surface area contributed by atoms with Gasteiger partial charge in [0.15, 0.2) is 0 Å². The molecule has 0 spiro atoms. The van der Waals surface area contributed by atoms with Crippen LogP contribution >= 0.6 is 11.6 Å². The molecule has 112 valence electrons. The minimum Gasteiger partial charge on any atom is -0.491 e. The Morgan fingerprint density at radius 3 is 2.90 bits per heavy atom. The van der Waals surface area contributed by atoms with Gasteiger partial charge in [0.05, 0.1) is 12.3 Å². The second kappa shape index (κ2) is 7.78. The Morgan fingerprint density at radius 2 is 2.15 bits per heavy atom. The van der Waals surface area contributed by atoms with Gasteiger partial charge in [0.2, 0.25) is 0 Å². The number of rotatable bonds is 6. The number of benzene rings is 1. The smallest absolute Gasteiger partial charge is 0.142 e. The highest BCUT2D eigenvalue weighted by Crippen LogP contribution is 2.33. The molecule has 1 N–H and O–H groups in total. The molecule has 2 unspecified atom stereocenters. The van der Waals surface area contributed by atoms with Crippen molar-refractivity contribution in [1.82, 2.24) is 0 Å². The van der Waals surface area contributed by atoms with Crippen molar-refractivity contribution in [3.63, 3.8) is 0 Å². The van der Waals surface area contributed by atoms with Gasteiger partial charge in [-0.3, -0.25) is 0 Å². The first kappa shape index (κ1) is 15.5. The molecule has 0 radical (unpaired) electrons. The summed E-state index contributed by atoms with van der Waals surface area (Å²) in [6.45, 7) is 5.16. The van der Waals surface area contributed by atoms with Crippen LogP contribution in [-0.2, 0) is 0 Å². The molecule has 1 fully saturated rings. The molecule has 1 saturated carbocycles. The summed E-state index contributed by atoms with van der Waals surface area (Å²) in [5, 5.41) is 4.42. The van der Waals surface area contributed by atoms with Crippen LogP contribution in [0.15, 0.2) is 18.2 Å². The SMILES string of the molecule is CCCOc1ccc(Cl)cc1NC1CCCC(CC)C1. The fourth-order valence-electron chi connectivity index (χ4n) is 2.97. The molecule has 3 heteroatoms. The lowest BCUT2D eigenvalue weighted by Gasteiger charge is -2.30. The van der Waals surface area contributed by atoms with Crippen LogP contribution in [0.1, 0.15) is 52.4 Å². The predicted octanol–water partition coefficient (Wildman–Crippen LogP) is 5.51. The third kappa shape index (κ3) is 4.31. The number of hydrogen-bond donors (Lipinski definition) is 1. The van der Waals surface area contributed by atoms with E-state index in [0.29, 0.717) is 6.04 Å². The molecule has 0 bridgehead atoms. The minimum atomic E-state index is 0.552. The van der Waals surface area contributed by atoms with Crippen LogP contribution in [0.4, 0.5) is 5.69 Å². The normalized spacial score (nSPS) is 22.6. The van der Waals surface area contributed by atoms with Gasteiger partial charge in [-0.2, -0.15) is 0 Å². The highest BCUT2D eigenvalue weighted by molar-refractivity contribution is 6.30. The number of nitrogens with one attached hydrogen (secondary N) is 1. The maximum atomic E-state index is 6.13. The summed E-state index contributed by atoms with van der Waals surface area (Å²) in [4.78, 5) is 0. The Kier molecular flexibility index (Phi) is 6.03. The maximum Gasteiger partial charge on any atom is 0.142 e. The molecule has 2 nitrogen and oxygen atoms in total. The van der Waals surface area contributed by atoms with Gasteiger partial charge in [-0.05, 0) is 43.4 Å². The third-order valence-corrected chi connectivity index (χ3v) is 4.36. The topological polar surface area (TPSA) is 21.3 Å². The standard InChI is InChI=1S/C17H26ClNO/c1-3-10-20-17-9-8-14(18)12-16(17)19-15-7-5-6-13(4-2)11-15/h8-9,12-13,15,19H,3-7,10-11H2,1-2H3. The van der Waals surface area contributed by atoms with E-state index in [1.807, 2.05) is 18.2 Å². The van der Waals surface area contributed by atoms with Crippen LogP contribution in [0.2, 0.25) is 5.02 Å². The van der Waals surface area contributed by atoms with E-state index in [1.54, 1.807) is 0 Å². The monoisotopic (exact) mass is 295 g/mol. The lowest BCUT2D eigenvalue weighted by atomic mass is 9.84. The molecular formula is C17H26ClNO. The molecule has 1 aromatic rings. The van der Waals surface area contributed by atoms with E-state index in [1.165, 1.54) is 32.1 Å². The minimum absolute atomic E-state index is 0.552. The van der Waals surface area contributed by atoms with E-state index in [0.717, 1.165) is 35.4 Å². The van der Waals surface area contributed by atoms with Crippen LogP contribution < -0.4 is 10.1 Å². The zero-order chi connectivity index (χ0) is 14.4. The van der Waals surface area contributed by atoms with E-state index in [9.17, 15) is 0 Å². The van der Waals surface area contributed by atoms with Crippen molar-refractivity contribution in [3.05, 3.63) is 23.2 Å². The van der Waals surface area contributed by atoms with Gasteiger partial charge >= 0.3 is 0 Å². The van der Waals surface area contributed by atoms with Crippen LogP contribution in [0.3, 0.4) is 0 Å². The van der Waals surface area contributed by atoms with Crippen LogP contribution in [0, 0.1) is 5.92 Å². The average molecular weight is 296 g/mol. The number of hydrogen-bond acceptors (Lipinski definition) is 2. The summed E-state index contributed by atoms with van der Waals surface area (Å²) in [6, 6.07) is 6.41. The summed E-state index contributed by atoms with van der Waals surface area (Å²) in [6.07, 6.45) is 7.51. The molecular weight excluding hydrogens is 270 g/mol. The number of halogens is 1. The summed E-state index contributed by atoms with van der Waals surface area (Å²) in [5.74, 6) is 1.79. The van der Waals surface area contributed by atoms with E-state index in [4.69, 9.17) is 16.3 Å². The van der Waals surface area contributed by atoms with Gasteiger partial charge in [-0.1, -0.05) is 44.7 Å². The molecule has 1 aliphatic carbocycles. The molecule has 20 heavy (non-hydrogen) atoms. The van der Waals surface area contributed by atoms with Crippen molar-refractivity contribution >= 4 is 17.3 Å². The summed E-state index contributed by atoms with van der Waals surface area (Å²) < 4.78 is 5.81. The molecule has 1 aliphatic rings. The first-order valence-corrected chi connectivity index (χ1v) is 8.29. The molecule has 2 atom stereocenters. The second-order valence-corrected chi connectivity index (χ2v) is 6.21. The molecule has 1 aromatic carbocycles. The third-order valence-electron chi connectivity index (χ3n) is 4.12. The van der Waals surface area contributed by atoms with Gasteiger partial charge in [0, 0.05) is 11.1 Å². The quantitative estimate of drug-likeness (QED) is 0.747.